The SMILES string of the molecule is CCCC1(C)OC(C(C)CC(C)C)NC1CC(=O)O. The molecule has 0 spiro atoms. The lowest BCUT2D eigenvalue weighted by Crippen LogP contribution is -2.43. The average molecular weight is 271 g/mol. The second kappa shape index (κ2) is 6.71. The zero-order valence-corrected chi connectivity index (χ0v) is 12.9. The summed E-state index contributed by atoms with van der Waals surface area (Å²) in [5, 5.41) is 12.4. The molecule has 0 amide bonds. The van der Waals surface area contributed by atoms with Crippen LogP contribution in [0.3, 0.4) is 0 Å². The molecule has 4 heteroatoms. The summed E-state index contributed by atoms with van der Waals surface area (Å²) in [7, 11) is 0. The number of carboxylic acids is 1. The average Bonchev–Trinajstić information content (AvgIpc) is 2.55. The van der Waals surface area contributed by atoms with Crippen LogP contribution in [0.4, 0.5) is 0 Å². The lowest BCUT2D eigenvalue weighted by atomic mass is 9.90. The fraction of sp³-hybridized carbons (Fsp3) is 0.933. The first-order chi connectivity index (χ1) is 8.78. The van der Waals surface area contributed by atoms with Gasteiger partial charge in [0.25, 0.3) is 0 Å². The molecule has 1 fully saturated rings. The number of carbonyl (C=O) groups is 1. The van der Waals surface area contributed by atoms with Crippen molar-refractivity contribution in [2.24, 2.45) is 11.8 Å². The molecule has 0 aromatic carbocycles. The molecule has 0 radical (unpaired) electrons. The minimum atomic E-state index is -0.763. The Morgan fingerprint density at radius 1 is 1.42 bits per heavy atom. The molecular weight excluding hydrogens is 242 g/mol. The van der Waals surface area contributed by atoms with Crippen molar-refractivity contribution in [3.05, 3.63) is 0 Å². The molecule has 0 aliphatic carbocycles. The van der Waals surface area contributed by atoms with Crippen LogP contribution in [0.1, 0.15) is 60.3 Å². The Balaban J connectivity index is 2.72. The van der Waals surface area contributed by atoms with Crippen LogP contribution in [0, 0.1) is 11.8 Å². The molecule has 0 saturated carbocycles. The van der Waals surface area contributed by atoms with Gasteiger partial charge in [-0.25, -0.2) is 0 Å². The highest BCUT2D eigenvalue weighted by molar-refractivity contribution is 5.67. The van der Waals surface area contributed by atoms with Gasteiger partial charge in [0.1, 0.15) is 6.23 Å². The molecule has 1 saturated heterocycles. The van der Waals surface area contributed by atoms with Crippen LogP contribution in [0.2, 0.25) is 0 Å². The second-order valence-corrected chi connectivity index (χ2v) is 6.53. The lowest BCUT2D eigenvalue weighted by molar-refractivity contribution is -0.138. The van der Waals surface area contributed by atoms with E-state index in [9.17, 15) is 4.79 Å². The summed E-state index contributed by atoms with van der Waals surface area (Å²) >= 11 is 0. The minimum Gasteiger partial charge on any atom is -0.481 e. The first-order valence-corrected chi connectivity index (χ1v) is 7.44. The predicted molar refractivity (Wildman–Crippen MR) is 76.0 cm³/mol. The fourth-order valence-electron chi connectivity index (χ4n) is 3.11. The highest BCUT2D eigenvalue weighted by Crippen LogP contribution is 2.34. The molecule has 0 aromatic rings. The summed E-state index contributed by atoms with van der Waals surface area (Å²) < 4.78 is 6.19. The third-order valence-electron chi connectivity index (χ3n) is 3.98. The van der Waals surface area contributed by atoms with Crippen molar-refractivity contribution in [2.45, 2.75) is 78.2 Å². The maximum absolute atomic E-state index is 11.0. The van der Waals surface area contributed by atoms with Crippen LogP contribution >= 0.6 is 0 Å². The van der Waals surface area contributed by atoms with Gasteiger partial charge in [0.05, 0.1) is 12.0 Å². The van der Waals surface area contributed by atoms with Gasteiger partial charge in [0, 0.05) is 6.04 Å². The normalized spacial score (nSPS) is 32.7. The Hall–Kier alpha value is -0.610. The van der Waals surface area contributed by atoms with Crippen molar-refractivity contribution < 1.29 is 14.6 Å². The van der Waals surface area contributed by atoms with Gasteiger partial charge in [0.15, 0.2) is 0 Å². The topological polar surface area (TPSA) is 58.6 Å². The summed E-state index contributed by atoms with van der Waals surface area (Å²) in [5.41, 5.74) is -0.358. The van der Waals surface area contributed by atoms with E-state index >= 15 is 0 Å². The number of hydrogen-bond donors (Lipinski definition) is 2. The molecule has 4 atom stereocenters. The highest BCUT2D eigenvalue weighted by Gasteiger charge is 2.46. The zero-order chi connectivity index (χ0) is 14.6. The summed E-state index contributed by atoms with van der Waals surface area (Å²) in [6, 6.07) is -0.0930. The van der Waals surface area contributed by atoms with E-state index in [1.165, 1.54) is 0 Å². The molecule has 0 aromatic heterocycles. The molecule has 4 unspecified atom stereocenters. The Kier molecular flexibility index (Phi) is 5.81. The third-order valence-corrected chi connectivity index (χ3v) is 3.98. The van der Waals surface area contributed by atoms with Crippen LogP contribution in [0.5, 0.6) is 0 Å². The van der Waals surface area contributed by atoms with Crippen LogP contribution in [0.15, 0.2) is 0 Å². The van der Waals surface area contributed by atoms with E-state index in [1.807, 2.05) is 6.92 Å². The van der Waals surface area contributed by atoms with Crippen molar-refractivity contribution in [3.8, 4) is 0 Å². The summed E-state index contributed by atoms with van der Waals surface area (Å²) in [4.78, 5) is 11.0. The summed E-state index contributed by atoms with van der Waals surface area (Å²) in [5.74, 6) is 0.256. The molecule has 2 N–H and O–H groups in total. The van der Waals surface area contributed by atoms with E-state index < -0.39 is 5.97 Å². The van der Waals surface area contributed by atoms with E-state index in [0.29, 0.717) is 11.8 Å². The van der Waals surface area contributed by atoms with Crippen LogP contribution in [0.25, 0.3) is 0 Å². The van der Waals surface area contributed by atoms with Gasteiger partial charge in [-0.05, 0) is 31.6 Å². The third kappa shape index (κ3) is 4.46. The summed E-state index contributed by atoms with van der Waals surface area (Å²) in [6.07, 6.45) is 3.08. The highest BCUT2D eigenvalue weighted by atomic mass is 16.5. The van der Waals surface area contributed by atoms with E-state index in [2.05, 4.69) is 33.0 Å². The number of ether oxygens (including phenoxy) is 1. The minimum absolute atomic E-state index is 0.0247. The lowest BCUT2D eigenvalue weighted by Gasteiger charge is -2.29. The van der Waals surface area contributed by atoms with Gasteiger partial charge in [-0.1, -0.05) is 34.1 Å². The molecule has 112 valence electrons. The van der Waals surface area contributed by atoms with Crippen LogP contribution in [-0.2, 0) is 9.53 Å². The number of nitrogens with one attached hydrogen (secondary N) is 1. The molecular formula is C15H29NO3. The monoisotopic (exact) mass is 271 g/mol. The van der Waals surface area contributed by atoms with Gasteiger partial charge in [0.2, 0.25) is 0 Å². The maximum atomic E-state index is 11.0. The van der Waals surface area contributed by atoms with E-state index in [1.54, 1.807) is 0 Å². The van der Waals surface area contributed by atoms with Crippen molar-refractivity contribution in [3.63, 3.8) is 0 Å². The van der Waals surface area contributed by atoms with E-state index in [4.69, 9.17) is 9.84 Å². The Bertz CT molecular complexity index is 306. The second-order valence-electron chi connectivity index (χ2n) is 6.53. The van der Waals surface area contributed by atoms with Crippen LogP contribution < -0.4 is 5.32 Å². The largest absolute Gasteiger partial charge is 0.481 e. The smallest absolute Gasteiger partial charge is 0.305 e. The summed E-state index contributed by atoms with van der Waals surface area (Å²) in [6.45, 7) is 10.7. The number of hydrogen-bond acceptors (Lipinski definition) is 3. The Morgan fingerprint density at radius 3 is 2.53 bits per heavy atom. The van der Waals surface area contributed by atoms with Crippen molar-refractivity contribution in [1.82, 2.24) is 5.32 Å². The molecule has 1 heterocycles. The molecule has 1 rings (SSSR count). The quantitative estimate of drug-likeness (QED) is 0.747. The van der Waals surface area contributed by atoms with Gasteiger partial charge < -0.3 is 9.84 Å². The standard InChI is InChI=1S/C15H29NO3/c1-6-7-15(5)12(9-13(17)18)16-14(19-15)11(4)8-10(2)3/h10-12,14,16H,6-9H2,1-5H3,(H,17,18). The van der Waals surface area contributed by atoms with Crippen LogP contribution in [-0.4, -0.2) is 28.9 Å². The van der Waals surface area contributed by atoms with Gasteiger partial charge in [-0.2, -0.15) is 0 Å². The number of carboxylic acid groups (broad SMARTS) is 1. The van der Waals surface area contributed by atoms with Gasteiger partial charge >= 0.3 is 5.97 Å². The van der Waals surface area contributed by atoms with Crippen molar-refractivity contribution in [2.75, 3.05) is 0 Å². The number of aliphatic carboxylic acids is 1. The zero-order valence-electron chi connectivity index (χ0n) is 12.9. The van der Waals surface area contributed by atoms with E-state index in [-0.39, 0.29) is 24.3 Å². The molecule has 1 aliphatic heterocycles. The fourth-order valence-corrected chi connectivity index (χ4v) is 3.11. The van der Waals surface area contributed by atoms with Gasteiger partial charge in [-0.3, -0.25) is 10.1 Å². The van der Waals surface area contributed by atoms with Crippen molar-refractivity contribution >= 4 is 5.97 Å². The predicted octanol–water partition coefficient (Wildman–Crippen LogP) is 3.02. The molecule has 19 heavy (non-hydrogen) atoms. The molecule has 4 nitrogen and oxygen atoms in total. The first-order valence-electron chi connectivity index (χ1n) is 7.44. The van der Waals surface area contributed by atoms with Gasteiger partial charge in [-0.15, -0.1) is 0 Å². The first kappa shape index (κ1) is 16.4. The molecule has 0 bridgehead atoms. The van der Waals surface area contributed by atoms with Crippen molar-refractivity contribution in [1.29, 1.82) is 0 Å². The van der Waals surface area contributed by atoms with E-state index in [0.717, 1.165) is 19.3 Å². The molecule has 1 aliphatic rings. The number of rotatable bonds is 7. The Morgan fingerprint density at radius 2 is 2.05 bits per heavy atom. The Labute approximate surface area is 116 Å². The maximum Gasteiger partial charge on any atom is 0.305 e.